The van der Waals surface area contributed by atoms with Gasteiger partial charge in [0.25, 0.3) is 6.47 Å². The van der Waals surface area contributed by atoms with E-state index in [0.29, 0.717) is 25.9 Å². The number of nitrogens with zero attached hydrogens (tertiary/aromatic N) is 1. The molecule has 2 aliphatic rings. The molecule has 0 unspecified atom stereocenters. The number of hydrogen-bond acceptors (Lipinski definition) is 6. The molecular weight excluding hydrogens is 412 g/mol. The Bertz CT molecular complexity index is 759. The van der Waals surface area contributed by atoms with Gasteiger partial charge in [-0.25, -0.2) is 0 Å². The Labute approximate surface area is 190 Å². The summed E-state index contributed by atoms with van der Waals surface area (Å²) in [4.78, 5) is 23.2. The third kappa shape index (κ3) is 7.05. The number of hydrogen-bond donors (Lipinski definition) is 3. The van der Waals surface area contributed by atoms with Gasteiger partial charge in [0.15, 0.2) is 0 Å². The number of piperidine rings is 1. The monoisotopic (exact) mass is 448 g/mol. The molecular formula is C24H36N2O6. The molecule has 2 heterocycles. The second-order valence-electron chi connectivity index (χ2n) is 8.65. The van der Waals surface area contributed by atoms with Crippen LogP contribution in [-0.4, -0.2) is 78.1 Å². The minimum atomic E-state index is -0.987. The van der Waals surface area contributed by atoms with Crippen molar-refractivity contribution < 1.29 is 29.3 Å². The van der Waals surface area contributed by atoms with E-state index in [0.717, 1.165) is 43.8 Å². The van der Waals surface area contributed by atoms with Crippen molar-refractivity contribution in [3.63, 3.8) is 0 Å². The first-order valence-corrected chi connectivity index (χ1v) is 11.0. The van der Waals surface area contributed by atoms with Crippen LogP contribution in [0.1, 0.15) is 38.2 Å². The molecule has 2 atom stereocenters. The van der Waals surface area contributed by atoms with Crippen molar-refractivity contribution in [3.05, 3.63) is 42.5 Å². The average molecular weight is 449 g/mol. The SMILES string of the molecule is C=CCN1CCC2(CC1)C[C@](C)(O)[C@@H](NC(=O)CCc1ccccc1OC)CO2.O=CO. The molecule has 8 heteroatoms. The average Bonchev–Trinajstić information content (AvgIpc) is 2.77. The number of carbonyl (C=O) groups is 2. The number of methoxy groups -OCH3 is 1. The molecule has 1 aromatic rings. The molecule has 178 valence electrons. The highest BCUT2D eigenvalue weighted by molar-refractivity contribution is 5.76. The predicted molar refractivity (Wildman–Crippen MR) is 122 cm³/mol. The van der Waals surface area contributed by atoms with Gasteiger partial charge in [-0.3, -0.25) is 14.5 Å². The zero-order chi connectivity index (χ0) is 23.6. The Morgan fingerprint density at radius 3 is 2.62 bits per heavy atom. The predicted octanol–water partition coefficient (Wildman–Crippen LogP) is 2.01. The van der Waals surface area contributed by atoms with Crippen LogP contribution in [0.5, 0.6) is 5.75 Å². The summed E-state index contributed by atoms with van der Waals surface area (Å²) in [7, 11) is 1.63. The van der Waals surface area contributed by atoms with Crippen molar-refractivity contribution in [2.75, 3.05) is 33.4 Å². The number of nitrogens with one attached hydrogen (secondary N) is 1. The van der Waals surface area contributed by atoms with Gasteiger partial charge in [0.2, 0.25) is 5.91 Å². The molecule has 1 aromatic carbocycles. The fraction of sp³-hybridized carbons (Fsp3) is 0.583. The summed E-state index contributed by atoms with van der Waals surface area (Å²) in [5.41, 5.74) is -0.277. The minimum Gasteiger partial charge on any atom is -0.496 e. The highest BCUT2D eigenvalue weighted by Gasteiger charge is 2.49. The quantitative estimate of drug-likeness (QED) is 0.432. The van der Waals surface area contributed by atoms with Gasteiger partial charge >= 0.3 is 0 Å². The number of carboxylic acid groups (broad SMARTS) is 1. The number of para-hydroxylation sites is 1. The van der Waals surface area contributed by atoms with Crippen LogP contribution in [0.15, 0.2) is 36.9 Å². The lowest BCUT2D eigenvalue weighted by molar-refractivity contribution is -0.188. The topological polar surface area (TPSA) is 108 Å². The fourth-order valence-electron chi connectivity index (χ4n) is 4.53. The summed E-state index contributed by atoms with van der Waals surface area (Å²) in [5, 5.41) is 21.0. The maximum Gasteiger partial charge on any atom is 0.290 e. The Morgan fingerprint density at radius 2 is 2.03 bits per heavy atom. The first-order chi connectivity index (χ1) is 15.3. The Hall–Kier alpha value is -2.42. The molecule has 0 aliphatic carbocycles. The van der Waals surface area contributed by atoms with E-state index in [4.69, 9.17) is 19.4 Å². The third-order valence-corrected chi connectivity index (χ3v) is 6.29. The summed E-state index contributed by atoms with van der Waals surface area (Å²) < 4.78 is 11.6. The van der Waals surface area contributed by atoms with Gasteiger partial charge in [-0.15, -0.1) is 6.58 Å². The van der Waals surface area contributed by atoms with E-state index in [1.165, 1.54) is 0 Å². The van der Waals surface area contributed by atoms with Crippen LogP contribution in [0.3, 0.4) is 0 Å². The van der Waals surface area contributed by atoms with Crippen molar-refractivity contribution in [1.29, 1.82) is 0 Å². The molecule has 3 N–H and O–H groups in total. The summed E-state index contributed by atoms with van der Waals surface area (Å²) in [5.74, 6) is 0.708. The van der Waals surface area contributed by atoms with Crippen LogP contribution < -0.4 is 10.1 Å². The largest absolute Gasteiger partial charge is 0.496 e. The second-order valence-corrected chi connectivity index (χ2v) is 8.65. The van der Waals surface area contributed by atoms with Crippen LogP contribution in [0.2, 0.25) is 0 Å². The number of carbonyl (C=O) groups excluding carboxylic acids is 1. The molecule has 32 heavy (non-hydrogen) atoms. The smallest absolute Gasteiger partial charge is 0.290 e. The van der Waals surface area contributed by atoms with E-state index in [2.05, 4.69) is 16.8 Å². The molecule has 1 spiro atoms. The van der Waals surface area contributed by atoms with E-state index in [-0.39, 0.29) is 18.0 Å². The zero-order valence-electron chi connectivity index (χ0n) is 19.1. The van der Waals surface area contributed by atoms with Crippen LogP contribution in [-0.2, 0) is 20.7 Å². The Balaban J connectivity index is 0.00000114. The van der Waals surface area contributed by atoms with Gasteiger partial charge in [0.1, 0.15) is 5.75 Å². The van der Waals surface area contributed by atoms with Gasteiger partial charge in [-0.1, -0.05) is 24.3 Å². The van der Waals surface area contributed by atoms with Crippen molar-refractivity contribution >= 4 is 12.4 Å². The van der Waals surface area contributed by atoms with E-state index in [1.807, 2.05) is 37.3 Å². The molecule has 1 amide bonds. The Morgan fingerprint density at radius 1 is 1.38 bits per heavy atom. The van der Waals surface area contributed by atoms with Gasteiger partial charge in [-0.2, -0.15) is 0 Å². The lowest BCUT2D eigenvalue weighted by Crippen LogP contribution is -2.63. The van der Waals surface area contributed by atoms with E-state index in [9.17, 15) is 9.90 Å². The van der Waals surface area contributed by atoms with Crippen LogP contribution in [0.25, 0.3) is 0 Å². The molecule has 0 saturated carbocycles. The van der Waals surface area contributed by atoms with E-state index >= 15 is 0 Å². The lowest BCUT2D eigenvalue weighted by Gasteiger charge is -2.51. The maximum absolute atomic E-state index is 12.5. The molecule has 2 fully saturated rings. The second kappa shape index (κ2) is 12.0. The first-order valence-electron chi connectivity index (χ1n) is 11.0. The van der Waals surface area contributed by atoms with Crippen molar-refractivity contribution in [2.24, 2.45) is 0 Å². The van der Waals surface area contributed by atoms with Crippen LogP contribution in [0.4, 0.5) is 0 Å². The molecule has 0 radical (unpaired) electrons. The minimum absolute atomic E-state index is 0.0819. The van der Waals surface area contributed by atoms with Crippen molar-refractivity contribution in [2.45, 2.75) is 56.3 Å². The van der Waals surface area contributed by atoms with Gasteiger partial charge < -0.3 is 25.0 Å². The van der Waals surface area contributed by atoms with Crippen LogP contribution >= 0.6 is 0 Å². The summed E-state index contributed by atoms with van der Waals surface area (Å²) in [6.45, 7) is 8.48. The molecule has 3 rings (SSSR count). The maximum atomic E-state index is 12.5. The zero-order valence-corrected chi connectivity index (χ0v) is 19.1. The molecule has 2 saturated heterocycles. The molecule has 8 nitrogen and oxygen atoms in total. The lowest BCUT2D eigenvalue weighted by atomic mass is 9.75. The fourth-order valence-corrected chi connectivity index (χ4v) is 4.53. The molecule has 0 bridgehead atoms. The van der Waals surface area contributed by atoms with E-state index < -0.39 is 11.6 Å². The standard InChI is InChI=1S/C23H34N2O4.CH2O2/c1-4-13-25-14-11-23(12-15-25)17-22(2,27)20(16-29-23)24-21(26)10-9-18-7-5-6-8-19(18)28-3;2-1-3/h4-8,20,27H,1,9-17H2,2-3H3,(H,24,26);1H,(H,2,3)/t20-,22-;/m0./s1. The van der Waals surface area contributed by atoms with Crippen molar-refractivity contribution in [3.8, 4) is 5.75 Å². The highest BCUT2D eigenvalue weighted by Crippen LogP contribution is 2.39. The number of ether oxygens (including phenoxy) is 2. The Kier molecular flexibility index (Phi) is 9.68. The number of amides is 1. The summed E-state index contributed by atoms with van der Waals surface area (Å²) in [6.07, 6.45) is 5.19. The normalized spacial score (nSPS) is 24.7. The van der Waals surface area contributed by atoms with Crippen LogP contribution in [0, 0.1) is 0 Å². The third-order valence-electron chi connectivity index (χ3n) is 6.29. The summed E-state index contributed by atoms with van der Waals surface area (Å²) in [6, 6.07) is 7.32. The summed E-state index contributed by atoms with van der Waals surface area (Å²) >= 11 is 0. The van der Waals surface area contributed by atoms with Gasteiger partial charge in [-0.05, 0) is 37.8 Å². The number of rotatable bonds is 7. The van der Waals surface area contributed by atoms with Crippen molar-refractivity contribution in [1.82, 2.24) is 10.2 Å². The highest BCUT2D eigenvalue weighted by atomic mass is 16.5. The number of aryl methyl sites for hydroxylation is 1. The van der Waals surface area contributed by atoms with Gasteiger partial charge in [0, 0.05) is 32.5 Å². The number of likely N-dealkylation sites (tertiary alicyclic amines) is 1. The molecule has 0 aromatic heterocycles. The van der Waals surface area contributed by atoms with Gasteiger partial charge in [0.05, 0.1) is 31.0 Å². The first kappa shape index (κ1) is 25.8. The number of aliphatic hydroxyl groups is 1. The number of benzene rings is 1. The van der Waals surface area contributed by atoms with E-state index in [1.54, 1.807) is 7.11 Å². The molecule has 2 aliphatic heterocycles.